The van der Waals surface area contributed by atoms with Gasteiger partial charge in [0.2, 0.25) is 0 Å². The summed E-state index contributed by atoms with van der Waals surface area (Å²) in [5, 5.41) is 0. The van der Waals surface area contributed by atoms with Crippen LogP contribution in [0.3, 0.4) is 0 Å². The molecule has 0 N–H and O–H groups in total. The van der Waals surface area contributed by atoms with E-state index in [0.717, 1.165) is 5.56 Å². The smallest absolute Gasteiger partial charge is 0.115 e. The number of hydrogen-bond donors (Lipinski definition) is 0. The van der Waals surface area contributed by atoms with Crippen LogP contribution in [0.1, 0.15) is 39.7 Å². The van der Waals surface area contributed by atoms with E-state index in [1.807, 2.05) is 20.8 Å². The quantitative estimate of drug-likeness (QED) is 0.594. The second-order valence-electron chi connectivity index (χ2n) is 2.12. The van der Waals surface area contributed by atoms with Gasteiger partial charge < -0.3 is 0 Å². The summed E-state index contributed by atoms with van der Waals surface area (Å²) >= 11 is 0. The Morgan fingerprint density at radius 2 is 1.42 bits per heavy atom. The molecule has 2 nitrogen and oxygen atoms in total. The highest BCUT2D eigenvalue weighted by Gasteiger charge is 1.74. The molecule has 0 unspecified atom stereocenters. The van der Waals surface area contributed by atoms with Crippen molar-refractivity contribution in [2.45, 2.75) is 41.0 Å². The van der Waals surface area contributed by atoms with E-state index in [2.05, 4.69) is 23.8 Å². The molecule has 0 bridgehead atoms. The normalized spacial score (nSPS) is 7.08. The molecule has 1 aromatic rings. The lowest BCUT2D eigenvalue weighted by molar-refractivity contribution is 1.09. The zero-order valence-electron chi connectivity index (χ0n) is 8.83. The Bertz CT molecular complexity index is 149. The molecule has 0 saturated heterocycles. The Hall–Kier alpha value is -0.920. The van der Waals surface area contributed by atoms with E-state index in [-0.39, 0.29) is 0 Å². The van der Waals surface area contributed by atoms with Crippen molar-refractivity contribution in [2.24, 2.45) is 0 Å². The summed E-state index contributed by atoms with van der Waals surface area (Å²) in [5.41, 5.74) is 1.10. The summed E-state index contributed by atoms with van der Waals surface area (Å²) in [7, 11) is 0. The van der Waals surface area contributed by atoms with Crippen LogP contribution in [0.15, 0.2) is 18.7 Å². The topological polar surface area (TPSA) is 25.8 Å². The monoisotopic (exact) mass is 168 g/mol. The number of rotatable bonds is 0. The molecule has 0 saturated carbocycles. The third-order valence-corrected chi connectivity index (χ3v) is 0.690. The minimum atomic E-state index is 1.10. The molecule has 0 atom stereocenters. The maximum Gasteiger partial charge on any atom is 0.115 e. The van der Waals surface area contributed by atoms with Crippen molar-refractivity contribution in [3.63, 3.8) is 0 Å². The fourth-order valence-corrected chi connectivity index (χ4v) is 0.374. The van der Waals surface area contributed by atoms with Gasteiger partial charge in [-0.1, -0.05) is 34.1 Å². The molecule has 0 aliphatic heterocycles. The summed E-state index contributed by atoms with van der Waals surface area (Å²) in [5.74, 6) is 0. The van der Waals surface area contributed by atoms with Crippen LogP contribution in [0, 0.1) is 6.92 Å². The maximum absolute atomic E-state index is 3.77. The molecule has 0 aliphatic rings. The van der Waals surface area contributed by atoms with E-state index in [9.17, 15) is 0 Å². The highest BCUT2D eigenvalue weighted by Crippen LogP contribution is 1.84. The van der Waals surface area contributed by atoms with E-state index in [0.29, 0.717) is 0 Å². The summed E-state index contributed by atoms with van der Waals surface area (Å²) < 4.78 is 0. The van der Waals surface area contributed by atoms with Gasteiger partial charge in [0, 0.05) is 12.4 Å². The predicted octanol–water partition coefficient (Wildman–Crippen LogP) is 3.23. The van der Waals surface area contributed by atoms with Crippen LogP contribution in [0.5, 0.6) is 0 Å². The van der Waals surface area contributed by atoms with Crippen molar-refractivity contribution in [1.29, 1.82) is 0 Å². The molecule has 0 fully saturated rings. The van der Waals surface area contributed by atoms with Crippen molar-refractivity contribution in [2.75, 3.05) is 0 Å². The van der Waals surface area contributed by atoms with Crippen LogP contribution in [0.4, 0.5) is 0 Å². The number of nitrogens with zero attached hydrogens (tertiary/aromatic N) is 2. The lowest BCUT2D eigenvalue weighted by Crippen LogP contribution is -1.75. The average Bonchev–Trinajstić information content (AvgIpc) is 2.11. The standard InChI is InChI=1S/C5H6N2.C3H8.C2H6/c1-5-2-6-4-7-3-5;1-3-2;1-2/h2-4H,1H3;3H2,1-2H3;1-2H3. The molecular weight excluding hydrogens is 148 g/mol. The summed E-state index contributed by atoms with van der Waals surface area (Å²) in [6.45, 7) is 10.2. The van der Waals surface area contributed by atoms with Gasteiger partial charge in [0.05, 0.1) is 0 Å². The molecule has 0 radical (unpaired) electrons. The number of aromatic nitrogens is 2. The van der Waals surface area contributed by atoms with Crippen LogP contribution >= 0.6 is 0 Å². The zero-order chi connectivity index (χ0) is 9.82. The molecule has 1 aromatic heterocycles. The van der Waals surface area contributed by atoms with E-state index in [4.69, 9.17) is 0 Å². The van der Waals surface area contributed by atoms with Gasteiger partial charge in [-0.3, -0.25) is 0 Å². The van der Waals surface area contributed by atoms with Gasteiger partial charge in [-0.25, -0.2) is 9.97 Å². The van der Waals surface area contributed by atoms with Gasteiger partial charge in [0.15, 0.2) is 0 Å². The molecule has 0 spiro atoms. The second kappa shape index (κ2) is 12.7. The van der Waals surface area contributed by atoms with E-state index in [1.54, 1.807) is 12.4 Å². The lowest BCUT2D eigenvalue weighted by Gasteiger charge is -1.81. The average molecular weight is 168 g/mol. The first-order chi connectivity index (χ1) is 5.81. The highest BCUT2D eigenvalue weighted by molar-refractivity contribution is 4.96. The third kappa shape index (κ3) is 11.8. The molecule has 2 heteroatoms. The lowest BCUT2D eigenvalue weighted by atomic mass is 10.4. The van der Waals surface area contributed by atoms with Crippen molar-refractivity contribution in [1.82, 2.24) is 9.97 Å². The van der Waals surface area contributed by atoms with Crippen molar-refractivity contribution in [3.8, 4) is 0 Å². The first kappa shape index (κ1) is 13.7. The fourth-order valence-electron chi connectivity index (χ4n) is 0.374. The van der Waals surface area contributed by atoms with Crippen molar-refractivity contribution >= 4 is 0 Å². The number of hydrogen-bond acceptors (Lipinski definition) is 2. The Morgan fingerprint density at radius 1 is 1.08 bits per heavy atom. The Kier molecular flexibility index (Phi) is 14.5. The maximum atomic E-state index is 3.77. The first-order valence-corrected chi connectivity index (χ1v) is 4.52. The number of aryl methyl sites for hydroxylation is 1. The van der Waals surface area contributed by atoms with Gasteiger partial charge in [-0.2, -0.15) is 0 Å². The Morgan fingerprint density at radius 3 is 1.58 bits per heavy atom. The molecule has 0 aliphatic carbocycles. The minimum Gasteiger partial charge on any atom is -0.245 e. The largest absolute Gasteiger partial charge is 0.245 e. The summed E-state index contributed by atoms with van der Waals surface area (Å²) in [6, 6.07) is 0. The Labute approximate surface area is 76.1 Å². The fraction of sp³-hybridized carbons (Fsp3) is 0.600. The van der Waals surface area contributed by atoms with Crippen molar-refractivity contribution in [3.05, 3.63) is 24.3 Å². The molecule has 1 rings (SSSR count). The van der Waals surface area contributed by atoms with Crippen LogP contribution < -0.4 is 0 Å². The van der Waals surface area contributed by atoms with E-state index in [1.165, 1.54) is 12.7 Å². The predicted molar refractivity (Wildman–Crippen MR) is 54.1 cm³/mol. The Balaban J connectivity index is 0. The van der Waals surface area contributed by atoms with Crippen LogP contribution in [-0.4, -0.2) is 9.97 Å². The van der Waals surface area contributed by atoms with E-state index >= 15 is 0 Å². The zero-order valence-corrected chi connectivity index (χ0v) is 8.83. The molecule has 1 heterocycles. The molecular formula is C10H20N2. The van der Waals surface area contributed by atoms with Gasteiger partial charge in [0.25, 0.3) is 0 Å². The molecule has 0 aromatic carbocycles. The van der Waals surface area contributed by atoms with Gasteiger partial charge in [-0.15, -0.1) is 0 Å². The van der Waals surface area contributed by atoms with Gasteiger partial charge in [0.1, 0.15) is 6.33 Å². The second-order valence-corrected chi connectivity index (χ2v) is 2.12. The minimum absolute atomic E-state index is 1.10. The van der Waals surface area contributed by atoms with Crippen LogP contribution in [-0.2, 0) is 0 Å². The van der Waals surface area contributed by atoms with Gasteiger partial charge >= 0.3 is 0 Å². The van der Waals surface area contributed by atoms with E-state index < -0.39 is 0 Å². The summed E-state index contributed by atoms with van der Waals surface area (Å²) in [4.78, 5) is 7.55. The highest BCUT2D eigenvalue weighted by atomic mass is 14.8. The van der Waals surface area contributed by atoms with Crippen LogP contribution in [0.2, 0.25) is 0 Å². The van der Waals surface area contributed by atoms with Crippen LogP contribution in [0.25, 0.3) is 0 Å². The first-order valence-electron chi connectivity index (χ1n) is 4.52. The van der Waals surface area contributed by atoms with Crippen molar-refractivity contribution < 1.29 is 0 Å². The summed E-state index contributed by atoms with van der Waals surface area (Å²) in [6.07, 6.45) is 6.31. The molecule has 70 valence electrons. The SMILES string of the molecule is CC.CCC.Cc1cncnc1. The molecule has 0 amide bonds. The third-order valence-electron chi connectivity index (χ3n) is 0.690. The van der Waals surface area contributed by atoms with Gasteiger partial charge in [-0.05, 0) is 12.5 Å². The molecule has 12 heavy (non-hydrogen) atoms.